The molecule has 1 aliphatic carbocycles. The number of ketones is 3. The van der Waals surface area contributed by atoms with E-state index in [4.69, 9.17) is 23.7 Å². The number of carbonyl (C=O) groups is 5. The van der Waals surface area contributed by atoms with Crippen LogP contribution in [0.2, 0.25) is 0 Å². The predicted octanol–water partition coefficient (Wildman–Crippen LogP) is 4.77. The van der Waals surface area contributed by atoms with E-state index in [9.17, 15) is 39.3 Å². The number of Topliss-reactive ketones (excluding diaryl/α,β-unsaturated/α-hetero) is 3. The molecule has 3 aliphatic heterocycles. The number of aliphatic hydroxyl groups is 3. The van der Waals surface area contributed by atoms with Gasteiger partial charge < -0.3 is 43.9 Å². The Hall–Kier alpha value is -4.30. The summed E-state index contributed by atoms with van der Waals surface area (Å²) < 4.78 is 31.3. The number of nitrogens with zero attached hydrogens (tertiary/aromatic N) is 5. The van der Waals surface area contributed by atoms with Crippen LogP contribution < -0.4 is 0 Å². The van der Waals surface area contributed by atoms with Gasteiger partial charge in [-0.3, -0.25) is 19.2 Å². The van der Waals surface area contributed by atoms with Crippen molar-refractivity contribution in [2.45, 2.75) is 179 Å². The molecular formula is C51H77N5O13. The van der Waals surface area contributed by atoms with Crippen molar-refractivity contribution in [3.63, 3.8) is 0 Å². The number of aromatic nitrogens is 4. The number of esters is 1. The molecule has 15 atom stereocenters. The first-order valence-electron chi connectivity index (χ1n) is 24.7. The Morgan fingerprint density at radius 2 is 1.64 bits per heavy atom. The number of hydrogen-bond acceptors (Lipinski definition) is 16. The number of amides is 1. The normalized spacial score (nSPS) is 38.8. The number of tetrazole rings is 1. The minimum atomic E-state index is -2.45. The van der Waals surface area contributed by atoms with Crippen molar-refractivity contribution >= 4 is 29.2 Å². The average Bonchev–Trinajstić information content (AvgIpc) is 3.88. The molecule has 3 N–H and O–H groups in total. The van der Waals surface area contributed by atoms with Gasteiger partial charge in [-0.25, -0.2) is 9.48 Å². The maximum absolute atomic E-state index is 14.5. The number of cyclic esters (lactones) is 1. The zero-order valence-corrected chi connectivity index (χ0v) is 42.0. The van der Waals surface area contributed by atoms with E-state index in [1.807, 2.05) is 39.0 Å². The van der Waals surface area contributed by atoms with Gasteiger partial charge in [-0.05, 0) is 117 Å². The van der Waals surface area contributed by atoms with Gasteiger partial charge >= 0.3 is 5.97 Å². The van der Waals surface area contributed by atoms with Gasteiger partial charge in [-0.15, -0.1) is 5.10 Å². The summed E-state index contributed by atoms with van der Waals surface area (Å²) in [5, 5.41) is 46.0. The van der Waals surface area contributed by atoms with Gasteiger partial charge in [0.05, 0.1) is 24.4 Å². The molecule has 0 radical (unpaired) electrons. The molecule has 1 unspecified atom stereocenters. The highest BCUT2D eigenvalue weighted by Crippen LogP contribution is 2.39. The summed E-state index contributed by atoms with van der Waals surface area (Å²) in [5.74, 6) is -8.42. The summed E-state index contributed by atoms with van der Waals surface area (Å²) in [6, 6.07) is -1.23. The number of piperidine rings is 1. The molecule has 384 valence electrons. The summed E-state index contributed by atoms with van der Waals surface area (Å²) in [4.78, 5) is 71.9. The maximum atomic E-state index is 14.5. The van der Waals surface area contributed by atoms with Gasteiger partial charge in [-0.1, -0.05) is 64.2 Å². The number of methoxy groups -OCH3 is 3. The molecule has 1 aromatic rings. The molecule has 3 fully saturated rings. The van der Waals surface area contributed by atoms with E-state index in [0.29, 0.717) is 38.5 Å². The van der Waals surface area contributed by atoms with Gasteiger partial charge in [0, 0.05) is 52.6 Å². The first-order valence-corrected chi connectivity index (χ1v) is 24.7. The van der Waals surface area contributed by atoms with E-state index in [2.05, 4.69) is 15.5 Å². The summed E-state index contributed by atoms with van der Waals surface area (Å²) in [7, 11) is 4.47. The molecule has 4 heterocycles. The zero-order chi connectivity index (χ0) is 50.6. The van der Waals surface area contributed by atoms with Crippen molar-refractivity contribution in [2.75, 3.05) is 27.9 Å². The van der Waals surface area contributed by atoms with Crippen LogP contribution in [0.3, 0.4) is 0 Å². The van der Waals surface area contributed by atoms with Crippen LogP contribution in [-0.2, 0) is 47.7 Å². The molecule has 18 nitrogen and oxygen atoms in total. The number of fused-ring (bicyclic) bond motifs is 3. The van der Waals surface area contributed by atoms with Crippen LogP contribution in [0.1, 0.15) is 125 Å². The summed E-state index contributed by atoms with van der Waals surface area (Å²) in [5.41, 5.74) is 1.12. The minimum absolute atomic E-state index is 0.0656. The lowest BCUT2D eigenvalue weighted by atomic mass is 9.77. The number of hydrogen-bond donors (Lipinski definition) is 3. The van der Waals surface area contributed by atoms with Gasteiger partial charge in [-0.2, -0.15) is 0 Å². The second kappa shape index (κ2) is 25.7. The zero-order valence-electron chi connectivity index (χ0n) is 42.0. The summed E-state index contributed by atoms with van der Waals surface area (Å²) >= 11 is 0. The second-order valence-corrected chi connectivity index (χ2v) is 20.0. The molecule has 4 aliphatic rings. The van der Waals surface area contributed by atoms with E-state index in [1.165, 1.54) is 12.0 Å². The largest absolute Gasteiger partial charge is 0.460 e. The Labute approximate surface area is 406 Å². The highest BCUT2D eigenvalue weighted by Gasteiger charge is 2.53. The number of ether oxygens (including phenoxy) is 5. The molecule has 1 saturated carbocycles. The smallest absolute Gasteiger partial charge is 0.329 e. The van der Waals surface area contributed by atoms with Gasteiger partial charge in [0.15, 0.2) is 5.78 Å². The molecule has 69 heavy (non-hydrogen) atoms. The highest BCUT2D eigenvalue weighted by atomic mass is 16.6. The standard InChI is InChI=1S/C51H77N5O13/c1-30-15-11-10-12-16-31(2)42(65-7)27-37-20-18-35(6)51(64,69-37)48(61)49(62)55-22-14-13-17-39(55)50(63)68-43(33(4)25-36-19-21-38(44(26-36)66-8)56-29-52-53-54-56)28-40(57)32(3)24-34(5)45(59)47(67-9)46(60)41(58)23-30/h10-12,15-16,24,29-30,32-33,35-39,41-45,47,58-59,64H,13-14,17-23,25-28H2,1-9H3/b12-10+,15-11+,31-16+,34-24+/t30-,32-,33-,35-,36+,37+,38+,39+,41?,42+,43+,44-,45-,47-,51-/m1/s1. The molecule has 5 rings (SSSR count). The van der Waals surface area contributed by atoms with Crippen LogP contribution in [0, 0.1) is 29.6 Å². The fraction of sp³-hybridized carbons (Fsp3) is 0.725. The molecule has 2 bridgehead atoms. The van der Waals surface area contributed by atoms with Crippen LogP contribution in [0.15, 0.2) is 53.9 Å². The van der Waals surface area contributed by atoms with Crippen molar-refractivity contribution < 1.29 is 63.0 Å². The predicted molar refractivity (Wildman–Crippen MR) is 253 cm³/mol. The highest BCUT2D eigenvalue weighted by molar-refractivity contribution is 6.39. The summed E-state index contributed by atoms with van der Waals surface area (Å²) in [6.45, 7) is 10.6. The first-order chi connectivity index (χ1) is 32.8. The Morgan fingerprint density at radius 1 is 0.884 bits per heavy atom. The molecule has 0 aromatic carbocycles. The Morgan fingerprint density at radius 3 is 2.32 bits per heavy atom. The lowest BCUT2D eigenvalue weighted by Crippen LogP contribution is -2.61. The van der Waals surface area contributed by atoms with Crippen LogP contribution in [0.5, 0.6) is 0 Å². The molecule has 2 saturated heterocycles. The molecule has 1 aromatic heterocycles. The summed E-state index contributed by atoms with van der Waals surface area (Å²) in [6.07, 6.45) is 10.7. The SMILES string of the molecule is CO[C@H]1C[C@@H]2CC[C@@H](C)[C@@](O)(O2)C(=O)C(=O)N2CCCC[C@H]2C(=O)O[C@H]([C@H](C)C[C@@H]2CC[C@H](n3cnnn3)[C@H](OC)C2)CC(=O)[C@H](C)/C=C(\C)[C@@H](O)[C@@H](OC)C(=O)C(O)C[C@H](C)/C=C/C=C/C=C/1C. The first kappa shape index (κ1) is 55.6. The van der Waals surface area contributed by atoms with Crippen LogP contribution in [0.4, 0.5) is 0 Å². The lowest BCUT2D eigenvalue weighted by Gasteiger charge is -2.42. The molecule has 1 amide bonds. The van der Waals surface area contributed by atoms with Crippen LogP contribution >= 0.6 is 0 Å². The topological polar surface area (TPSA) is 239 Å². The molecular weight excluding hydrogens is 891 g/mol. The number of allylic oxidation sites excluding steroid dienone is 6. The third-order valence-electron chi connectivity index (χ3n) is 14.9. The number of aliphatic hydroxyl groups excluding tert-OH is 2. The van der Waals surface area contributed by atoms with Crippen molar-refractivity contribution in [3.8, 4) is 0 Å². The third kappa shape index (κ3) is 14.2. The monoisotopic (exact) mass is 968 g/mol. The van der Waals surface area contributed by atoms with Crippen molar-refractivity contribution in [1.82, 2.24) is 25.1 Å². The van der Waals surface area contributed by atoms with Crippen LogP contribution in [0.25, 0.3) is 0 Å². The van der Waals surface area contributed by atoms with Gasteiger partial charge in [0.1, 0.15) is 42.6 Å². The fourth-order valence-corrected chi connectivity index (χ4v) is 10.4. The van der Waals surface area contributed by atoms with E-state index in [0.717, 1.165) is 18.4 Å². The van der Waals surface area contributed by atoms with Gasteiger partial charge in [0.2, 0.25) is 5.79 Å². The van der Waals surface area contributed by atoms with E-state index < -0.39 is 83.7 Å². The van der Waals surface area contributed by atoms with Crippen LogP contribution in [-0.4, -0.2) is 152 Å². The third-order valence-corrected chi connectivity index (χ3v) is 14.9. The minimum Gasteiger partial charge on any atom is -0.460 e. The Balaban J connectivity index is 1.46. The fourth-order valence-electron chi connectivity index (χ4n) is 10.4. The lowest BCUT2D eigenvalue weighted by molar-refractivity contribution is -0.265. The van der Waals surface area contributed by atoms with E-state index in [-0.39, 0.29) is 73.5 Å². The van der Waals surface area contributed by atoms with E-state index in [1.54, 1.807) is 64.2 Å². The Bertz CT molecular complexity index is 2020. The number of rotatable bonds is 7. The average molecular weight is 968 g/mol. The second-order valence-electron chi connectivity index (χ2n) is 20.0. The molecule has 0 spiro atoms. The quantitative estimate of drug-likeness (QED) is 0.189. The van der Waals surface area contributed by atoms with Gasteiger partial charge in [0.25, 0.3) is 11.7 Å². The maximum Gasteiger partial charge on any atom is 0.329 e. The Kier molecular flexibility index (Phi) is 20.7. The van der Waals surface area contributed by atoms with Crippen molar-refractivity contribution in [3.05, 3.63) is 53.9 Å². The number of carbonyl (C=O) groups excluding carboxylic acids is 5. The van der Waals surface area contributed by atoms with E-state index >= 15 is 0 Å². The van der Waals surface area contributed by atoms with Crippen molar-refractivity contribution in [2.24, 2.45) is 29.6 Å². The molecule has 18 heteroatoms. The van der Waals surface area contributed by atoms with Crippen molar-refractivity contribution in [1.29, 1.82) is 0 Å².